The summed E-state index contributed by atoms with van der Waals surface area (Å²) in [5, 5.41) is 0.654. The molecule has 0 amide bonds. The third kappa shape index (κ3) is 4.18. The van der Waals surface area contributed by atoms with Crippen molar-refractivity contribution in [2.75, 3.05) is 13.1 Å². The maximum Gasteiger partial charge on any atom is 0.123 e. The third-order valence-corrected chi connectivity index (χ3v) is 4.94. The van der Waals surface area contributed by atoms with Crippen molar-refractivity contribution in [1.29, 1.82) is 0 Å². The molecule has 1 fully saturated rings. The second-order valence-electron chi connectivity index (χ2n) is 6.47. The van der Waals surface area contributed by atoms with E-state index in [1.165, 1.54) is 37.8 Å². The molecular weight excluding hydrogens is 321 g/mol. The van der Waals surface area contributed by atoms with E-state index in [2.05, 4.69) is 17.5 Å². The van der Waals surface area contributed by atoms with Crippen LogP contribution in [0.1, 0.15) is 31.2 Å². The quantitative estimate of drug-likeness (QED) is 0.650. The van der Waals surface area contributed by atoms with Crippen molar-refractivity contribution in [3.63, 3.8) is 0 Å². The van der Waals surface area contributed by atoms with Gasteiger partial charge in [0.25, 0.3) is 0 Å². The molecule has 2 aromatic carbocycles. The van der Waals surface area contributed by atoms with Gasteiger partial charge in [-0.1, -0.05) is 55.3 Å². The minimum Gasteiger partial charge on any atom is -0.375 e. The second kappa shape index (κ2) is 7.85. The zero-order valence-corrected chi connectivity index (χ0v) is 14.7. The Labute approximate surface area is 148 Å². The summed E-state index contributed by atoms with van der Waals surface area (Å²) in [7, 11) is 0. The first-order valence-electron chi connectivity index (χ1n) is 8.60. The summed E-state index contributed by atoms with van der Waals surface area (Å²) in [6.07, 6.45) is 5.94. The zero-order valence-electron chi connectivity index (χ0n) is 13.9. The molecule has 0 aromatic heterocycles. The Kier molecular flexibility index (Phi) is 5.57. The molecule has 0 atom stereocenters. The molecule has 0 aliphatic carbocycles. The Bertz CT molecular complexity index is 718. The van der Waals surface area contributed by atoms with Crippen molar-refractivity contribution in [3.8, 4) is 11.1 Å². The van der Waals surface area contributed by atoms with Crippen LogP contribution in [0.25, 0.3) is 11.1 Å². The van der Waals surface area contributed by atoms with Crippen LogP contribution in [0.15, 0.2) is 54.7 Å². The van der Waals surface area contributed by atoms with E-state index in [1.54, 1.807) is 6.07 Å². The smallest absolute Gasteiger partial charge is 0.123 e. The molecule has 1 nitrogen and oxygen atoms in total. The molecular formula is C21H23ClFN. The van der Waals surface area contributed by atoms with Gasteiger partial charge in [0.15, 0.2) is 0 Å². The van der Waals surface area contributed by atoms with Crippen molar-refractivity contribution in [1.82, 2.24) is 4.90 Å². The third-order valence-electron chi connectivity index (χ3n) is 4.63. The molecule has 1 aliphatic rings. The molecule has 3 heteroatoms. The van der Waals surface area contributed by atoms with Crippen molar-refractivity contribution >= 4 is 11.6 Å². The fourth-order valence-corrected chi connectivity index (χ4v) is 3.61. The standard InChI is InChI=1S/C21H23ClFN/c1-16(24-11-4-2-3-5-12-24)13-17-9-10-20(21(22)14-17)18-7-6-8-19(23)15-18/h6-10,14-15H,1-5,11-13H2. The van der Waals surface area contributed by atoms with E-state index in [0.717, 1.165) is 41.9 Å². The van der Waals surface area contributed by atoms with E-state index in [-0.39, 0.29) is 5.82 Å². The van der Waals surface area contributed by atoms with Crippen LogP contribution in [0.5, 0.6) is 0 Å². The number of halogens is 2. The van der Waals surface area contributed by atoms with Gasteiger partial charge in [0.1, 0.15) is 5.82 Å². The lowest BCUT2D eigenvalue weighted by Gasteiger charge is -2.25. The number of hydrogen-bond acceptors (Lipinski definition) is 1. The van der Waals surface area contributed by atoms with E-state index < -0.39 is 0 Å². The number of hydrogen-bond donors (Lipinski definition) is 0. The minimum absolute atomic E-state index is 0.248. The van der Waals surface area contributed by atoms with Gasteiger partial charge >= 0.3 is 0 Å². The van der Waals surface area contributed by atoms with Crippen LogP contribution in [0.3, 0.4) is 0 Å². The molecule has 0 radical (unpaired) electrons. The minimum atomic E-state index is -0.248. The average molecular weight is 344 g/mol. The van der Waals surface area contributed by atoms with Gasteiger partial charge < -0.3 is 4.90 Å². The van der Waals surface area contributed by atoms with Crippen LogP contribution in [0, 0.1) is 5.82 Å². The van der Waals surface area contributed by atoms with Crippen LogP contribution in [0.4, 0.5) is 4.39 Å². The molecule has 3 rings (SSSR count). The maximum atomic E-state index is 13.4. The first kappa shape index (κ1) is 17.0. The Morgan fingerprint density at radius 2 is 1.79 bits per heavy atom. The molecule has 2 aromatic rings. The summed E-state index contributed by atoms with van der Waals surface area (Å²) in [4.78, 5) is 2.40. The van der Waals surface area contributed by atoms with E-state index in [1.807, 2.05) is 18.2 Å². The monoisotopic (exact) mass is 343 g/mol. The van der Waals surface area contributed by atoms with Crippen LogP contribution in [-0.2, 0) is 6.42 Å². The first-order chi connectivity index (χ1) is 11.6. The summed E-state index contributed by atoms with van der Waals surface area (Å²) < 4.78 is 13.4. The van der Waals surface area contributed by atoms with Crippen molar-refractivity contribution in [2.45, 2.75) is 32.1 Å². The van der Waals surface area contributed by atoms with E-state index >= 15 is 0 Å². The Hall–Kier alpha value is -1.80. The predicted molar refractivity (Wildman–Crippen MR) is 99.7 cm³/mol. The summed E-state index contributed by atoms with van der Waals surface area (Å²) in [5.74, 6) is -0.248. The fourth-order valence-electron chi connectivity index (χ4n) is 3.29. The highest BCUT2D eigenvalue weighted by molar-refractivity contribution is 6.33. The molecule has 24 heavy (non-hydrogen) atoms. The van der Waals surface area contributed by atoms with Gasteiger partial charge in [0.2, 0.25) is 0 Å². The Morgan fingerprint density at radius 1 is 1.04 bits per heavy atom. The molecule has 1 aliphatic heterocycles. The van der Waals surface area contributed by atoms with Crippen LogP contribution < -0.4 is 0 Å². The number of nitrogens with zero attached hydrogens (tertiary/aromatic N) is 1. The van der Waals surface area contributed by atoms with Gasteiger partial charge in [-0.2, -0.15) is 0 Å². The fraction of sp³-hybridized carbons (Fsp3) is 0.333. The van der Waals surface area contributed by atoms with Gasteiger partial charge in [-0.05, 0) is 42.2 Å². The van der Waals surface area contributed by atoms with Gasteiger partial charge in [-0.25, -0.2) is 4.39 Å². The Balaban J connectivity index is 1.73. The topological polar surface area (TPSA) is 3.24 Å². The molecule has 0 bridgehead atoms. The molecule has 0 unspecified atom stereocenters. The summed E-state index contributed by atoms with van der Waals surface area (Å²) in [5.41, 5.74) is 3.97. The molecule has 1 heterocycles. The normalized spacial score (nSPS) is 15.2. The lowest BCUT2D eigenvalue weighted by Crippen LogP contribution is -2.24. The van der Waals surface area contributed by atoms with E-state index in [9.17, 15) is 4.39 Å². The average Bonchev–Trinajstić information content (AvgIpc) is 2.84. The van der Waals surface area contributed by atoms with Crippen molar-refractivity contribution in [3.05, 3.63) is 71.1 Å². The van der Waals surface area contributed by atoms with Gasteiger partial charge in [0.05, 0.1) is 0 Å². The lowest BCUT2D eigenvalue weighted by molar-refractivity contribution is 0.352. The summed E-state index contributed by atoms with van der Waals surface area (Å²) in [6.45, 7) is 6.48. The summed E-state index contributed by atoms with van der Waals surface area (Å²) >= 11 is 6.45. The highest BCUT2D eigenvalue weighted by Gasteiger charge is 2.12. The van der Waals surface area contributed by atoms with Gasteiger partial charge in [0, 0.05) is 35.8 Å². The molecule has 126 valence electrons. The maximum absolute atomic E-state index is 13.4. The summed E-state index contributed by atoms with van der Waals surface area (Å²) in [6, 6.07) is 12.5. The van der Waals surface area contributed by atoms with E-state index in [4.69, 9.17) is 11.6 Å². The largest absolute Gasteiger partial charge is 0.375 e. The zero-order chi connectivity index (χ0) is 16.9. The first-order valence-corrected chi connectivity index (χ1v) is 8.98. The van der Waals surface area contributed by atoms with Crippen molar-refractivity contribution in [2.24, 2.45) is 0 Å². The Morgan fingerprint density at radius 3 is 2.46 bits per heavy atom. The number of benzene rings is 2. The molecule has 0 saturated carbocycles. The van der Waals surface area contributed by atoms with Gasteiger partial charge in [-0.3, -0.25) is 0 Å². The van der Waals surface area contributed by atoms with E-state index in [0.29, 0.717) is 5.02 Å². The predicted octanol–water partition coefficient (Wildman–Crippen LogP) is 6.08. The number of rotatable bonds is 4. The molecule has 0 spiro atoms. The number of likely N-dealkylation sites (tertiary alicyclic amines) is 1. The highest BCUT2D eigenvalue weighted by atomic mass is 35.5. The second-order valence-corrected chi connectivity index (χ2v) is 6.88. The highest BCUT2D eigenvalue weighted by Crippen LogP contribution is 2.30. The van der Waals surface area contributed by atoms with Crippen molar-refractivity contribution < 1.29 is 4.39 Å². The SMILES string of the molecule is C=C(Cc1ccc(-c2cccc(F)c2)c(Cl)c1)N1CCCCCC1. The lowest BCUT2D eigenvalue weighted by atomic mass is 10.0. The van der Waals surface area contributed by atoms with Crippen LogP contribution >= 0.6 is 11.6 Å². The molecule has 1 saturated heterocycles. The molecule has 0 N–H and O–H groups in total. The van der Waals surface area contributed by atoms with Crippen LogP contribution in [-0.4, -0.2) is 18.0 Å². The number of allylic oxidation sites excluding steroid dienone is 1. The van der Waals surface area contributed by atoms with Crippen LogP contribution in [0.2, 0.25) is 5.02 Å². The van der Waals surface area contributed by atoms with Gasteiger partial charge in [-0.15, -0.1) is 0 Å².